The van der Waals surface area contributed by atoms with E-state index in [9.17, 15) is 0 Å². The highest BCUT2D eigenvalue weighted by molar-refractivity contribution is 7.99. The molecular formula is C10H17ClN4S. The van der Waals surface area contributed by atoms with Crippen molar-refractivity contribution in [3.8, 4) is 0 Å². The largest absolute Gasteiger partial charge is 0.225 e. The van der Waals surface area contributed by atoms with Gasteiger partial charge in [-0.2, -0.15) is 11.8 Å². The van der Waals surface area contributed by atoms with Gasteiger partial charge in [0.05, 0.1) is 11.4 Å². The van der Waals surface area contributed by atoms with Gasteiger partial charge in [0.1, 0.15) is 0 Å². The van der Waals surface area contributed by atoms with Crippen LogP contribution in [0.5, 0.6) is 0 Å². The molecule has 3 unspecified atom stereocenters. The quantitative estimate of drug-likeness (QED) is 0.784. The highest BCUT2D eigenvalue weighted by Crippen LogP contribution is 2.34. The predicted molar refractivity (Wildman–Crippen MR) is 66.9 cm³/mol. The molecule has 0 amide bonds. The molecule has 4 nitrogen and oxygen atoms in total. The van der Waals surface area contributed by atoms with E-state index < -0.39 is 0 Å². The molecule has 16 heavy (non-hydrogen) atoms. The number of thioether (sulfide) groups is 1. The van der Waals surface area contributed by atoms with Gasteiger partial charge in [-0.15, -0.1) is 16.7 Å². The highest BCUT2D eigenvalue weighted by Gasteiger charge is 2.26. The van der Waals surface area contributed by atoms with Crippen LogP contribution in [-0.2, 0) is 0 Å². The van der Waals surface area contributed by atoms with Crippen LogP contribution in [0.1, 0.15) is 49.9 Å². The first-order valence-electron chi connectivity index (χ1n) is 5.67. The number of aromatic nitrogens is 4. The number of hydrogen-bond donors (Lipinski definition) is 0. The molecule has 2 rings (SSSR count). The summed E-state index contributed by atoms with van der Waals surface area (Å²) >= 11 is 8.02. The summed E-state index contributed by atoms with van der Waals surface area (Å²) in [6.45, 7) is 1.92. The van der Waals surface area contributed by atoms with Gasteiger partial charge in [0.2, 0.25) is 0 Å². The minimum Gasteiger partial charge on any atom is -0.225 e. The number of hydrogen-bond acceptors (Lipinski definition) is 4. The Morgan fingerprint density at radius 1 is 1.50 bits per heavy atom. The van der Waals surface area contributed by atoms with Crippen LogP contribution >= 0.6 is 23.4 Å². The van der Waals surface area contributed by atoms with Crippen molar-refractivity contribution in [3.05, 3.63) is 5.82 Å². The third-order valence-corrected chi connectivity index (χ3v) is 4.44. The van der Waals surface area contributed by atoms with E-state index in [0.29, 0.717) is 6.04 Å². The smallest absolute Gasteiger partial charge is 0.169 e. The minimum atomic E-state index is -0.121. The zero-order chi connectivity index (χ0) is 11.5. The predicted octanol–water partition coefficient (Wildman–Crippen LogP) is 2.82. The number of nitrogens with zero attached hydrogens (tertiary/aromatic N) is 4. The van der Waals surface area contributed by atoms with E-state index in [-0.39, 0.29) is 5.38 Å². The highest BCUT2D eigenvalue weighted by atomic mass is 35.5. The van der Waals surface area contributed by atoms with Gasteiger partial charge in [-0.3, -0.25) is 0 Å². The zero-order valence-electron chi connectivity index (χ0n) is 9.64. The lowest BCUT2D eigenvalue weighted by atomic mass is 9.95. The normalized spacial score (nSPS) is 27.9. The fourth-order valence-electron chi connectivity index (χ4n) is 2.28. The van der Waals surface area contributed by atoms with Gasteiger partial charge in [-0.1, -0.05) is 6.42 Å². The van der Waals surface area contributed by atoms with Crippen molar-refractivity contribution in [1.82, 2.24) is 20.2 Å². The molecule has 0 saturated heterocycles. The van der Waals surface area contributed by atoms with Crippen LogP contribution in [0.15, 0.2) is 0 Å². The monoisotopic (exact) mass is 260 g/mol. The summed E-state index contributed by atoms with van der Waals surface area (Å²) in [7, 11) is 0. The summed E-state index contributed by atoms with van der Waals surface area (Å²) < 4.78 is 1.93. The Morgan fingerprint density at radius 2 is 2.31 bits per heavy atom. The molecule has 0 bridgehead atoms. The topological polar surface area (TPSA) is 43.6 Å². The third-order valence-electron chi connectivity index (χ3n) is 3.15. The van der Waals surface area contributed by atoms with E-state index in [0.717, 1.165) is 17.5 Å². The van der Waals surface area contributed by atoms with E-state index in [1.54, 1.807) is 0 Å². The van der Waals surface area contributed by atoms with E-state index in [2.05, 4.69) is 21.8 Å². The lowest BCUT2D eigenvalue weighted by Crippen LogP contribution is -2.23. The van der Waals surface area contributed by atoms with E-state index in [1.807, 2.05) is 23.4 Å². The average Bonchev–Trinajstić information content (AvgIpc) is 2.78. The van der Waals surface area contributed by atoms with E-state index >= 15 is 0 Å². The molecule has 1 fully saturated rings. The molecular weight excluding hydrogens is 244 g/mol. The molecule has 0 aliphatic heterocycles. The second-order valence-corrected chi connectivity index (χ2v) is 6.07. The SMILES string of the molecule is CSC1CCCC(n2nnnc2C(C)Cl)C1. The van der Waals surface area contributed by atoms with Crippen LogP contribution in [0, 0.1) is 0 Å². The van der Waals surface area contributed by atoms with Crippen molar-refractivity contribution in [2.24, 2.45) is 0 Å². The third kappa shape index (κ3) is 2.51. The number of alkyl halides is 1. The van der Waals surface area contributed by atoms with Gasteiger partial charge in [0.25, 0.3) is 0 Å². The van der Waals surface area contributed by atoms with Crippen LogP contribution in [-0.4, -0.2) is 31.7 Å². The van der Waals surface area contributed by atoms with Gasteiger partial charge < -0.3 is 0 Å². The zero-order valence-corrected chi connectivity index (χ0v) is 11.2. The van der Waals surface area contributed by atoms with E-state index in [4.69, 9.17) is 11.6 Å². The van der Waals surface area contributed by atoms with Gasteiger partial charge in [-0.25, -0.2) is 4.68 Å². The summed E-state index contributed by atoms with van der Waals surface area (Å²) in [5, 5.41) is 12.5. The van der Waals surface area contributed by atoms with Gasteiger partial charge in [0, 0.05) is 5.25 Å². The molecule has 0 spiro atoms. The summed E-state index contributed by atoms with van der Waals surface area (Å²) in [4.78, 5) is 0. The van der Waals surface area contributed by atoms with Gasteiger partial charge in [-0.05, 0) is 42.9 Å². The van der Waals surface area contributed by atoms with E-state index in [1.165, 1.54) is 19.3 Å². The molecule has 3 atom stereocenters. The second kappa shape index (κ2) is 5.36. The second-order valence-electron chi connectivity index (χ2n) is 4.28. The van der Waals surface area contributed by atoms with Crippen molar-refractivity contribution in [1.29, 1.82) is 0 Å². The van der Waals surface area contributed by atoms with Gasteiger partial charge in [0.15, 0.2) is 5.82 Å². The first-order valence-corrected chi connectivity index (χ1v) is 7.39. The number of tetrazole rings is 1. The molecule has 1 aromatic heterocycles. The van der Waals surface area contributed by atoms with Crippen molar-refractivity contribution >= 4 is 23.4 Å². The molecule has 90 valence electrons. The maximum Gasteiger partial charge on any atom is 0.169 e. The van der Waals surface area contributed by atoms with Gasteiger partial charge >= 0.3 is 0 Å². The van der Waals surface area contributed by atoms with Crippen LogP contribution in [0.3, 0.4) is 0 Å². The van der Waals surface area contributed by atoms with Crippen LogP contribution in [0.4, 0.5) is 0 Å². The molecule has 6 heteroatoms. The Balaban J connectivity index is 2.13. The van der Waals surface area contributed by atoms with Crippen molar-refractivity contribution in [3.63, 3.8) is 0 Å². The summed E-state index contributed by atoms with van der Waals surface area (Å²) in [5.41, 5.74) is 0. The molecule has 1 aliphatic rings. The lowest BCUT2D eigenvalue weighted by Gasteiger charge is -2.28. The summed E-state index contributed by atoms with van der Waals surface area (Å²) in [6.07, 6.45) is 7.07. The lowest BCUT2D eigenvalue weighted by molar-refractivity contribution is 0.323. The first-order chi connectivity index (χ1) is 7.72. The van der Waals surface area contributed by atoms with Crippen molar-refractivity contribution in [2.45, 2.75) is 49.3 Å². The first kappa shape index (κ1) is 12.2. The molecule has 0 radical (unpaired) electrons. The standard InChI is InChI=1S/C10H17ClN4S/c1-7(11)10-12-13-14-15(10)8-4-3-5-9(6-8)16-2/h7-9H,3-6H2,1-2H3. The maximum absolute atomic E-state index is 6.07. The Kier molecular flexibility index (Phi) is 4.08. The minimum absolute atomic E-state index is 0.121. The number of rotatable bonds is 3. The molecule has 1 aliphatic carbocycles. The molecule has 0 N–H and O–H groups in total. The van der Waals surface area contributed by atoms with Crippen LogP contribution in [0.2, 0.25) is 0 Å². The number of halogens is 1. The Bertz CT molecular complexity index is 341. The molecule has 1 aromatic rings. The molecule has 1 saturated carbocycles. The van der Waals surface area contributed by atoms with Crippen molar-refractivity contribution < 1.29 is 0 Å². The maximum atomic E-state index is 6.07. The van der Waals surface area contributed by atoms with Crippen LogP contribution < -0.4 is 0 Å². The Morgan fingerprint density at radius 3 is 3.00 bits per heavy atom. The average molecular weight is 261 g/mol. The summed E-state index contributed by atoms with van der Waals surface area (Å²) in [5.74, 6) is 0.799. The Labute approximate surface area is 105 Å². The Hall–Kier alpha value is -0.290. The fraction of sp³-hybridized carbons (Fsp3) is 0.900. The fourth-order valence-corrected chi connectivity index (χ4v) is 3.24. The van der Waals surface area contributed by atoms with Crippen LogP contribution in [0.25, 0.3) is 0 Å². The summed E-state index contributed by atoms with van der Waals surface area (Å²) in [6, 6.07) is 0.428. The van der Waals surface area contributed by atoms with Crippen molar-refractivity contribution in [2.75, 3.05) is 6.26 Å². The molecule has 0 aromatic carbocycles. The molecule has 1 heterocycles.